The zero-order valence-corrected chi connectivity index (χ0v) is 7.28. The van der Waals surface area contributed by atoms with E-state index in [0.29, 0.717) is 11.4 Å². The van der Waals surface area contributed by atoms with Crippen LogP contribution in [-0.4, -0.2) is 17.7 Å². The minimum atomic E-state index is -0.990. The maximum absolute atomic E-state index is 10.2. The Balaban J connectivity index is 2.72. The second-order valence-corrected chi connectivity index (χ2v) is 2.71. The third kappa shape index (κ3) is 2.66. The van der Waals surface area contributed by atoms with Crippen molar-refractivity contribution in [3.63, 3.8) is 0 Å². The largest absolute Gasteiger partial charge is 0.482 e. The van der Waals surface area contributed by atoms with Gasteiger partial charge in [-0.15, -0.1) is 0 Å². The Hall–Kier alpha value is -1.71. The molecule has 4 nitrogen and oxygen atoms in total. The van der Waals surface area contributed by atoms with Gasteiger partial charge in [0.1, 0.15) is 5.75 Å². The lowest BCUT2D eigenvalue weighted by Gasteiger charge is -2.06. The van der Waals surface area contributed by atoms with Crippen molar-refractivity contribution in [2.24, 2.45) is 0 Å². The van der Waals surface area contributed by atoms with Gasteiger partial charge in [-0.3, -0.25) is 0 Å². The minimum absolute atomic E-state index is 0.329. The van der Waals surface area contributed by atoms with Crippen molar-refractivity contribution in [2.45, 2.75) is 6.92 Å². The van der Waals surface area contributed by atoms with Crippen LogP contribution in [0.4, 0.5) is 5.69 Å². The number of hydrogen-bond acceptors (Lipinski definition) is 3. The summed E-state index contributed by atoms with van der Waals surface area (Å²) in [7, 11) is 0. The number of aryl methyl sites for hydroxylation is 1. The van der Waals surface area contributed by atoms with Crippen LogP contribution < -0.4 is 10.5 Å². The van der Waals surface area contributed by atoms with E-state index in [1.54, 1.807) is 18.2 Å². The van der Waals surface area contributed by atoms with Gasteiger partial charge < -0.3 is 15.6 Å². The lowest BCUT2D eigenvalue weighted by atomic mass is 10.2. The molecule has 0 spiro atoms. The van der Waals surface area contributed by atoms with E-state index >= 15 is 0 Å². The Morgan fingerprint density at radius 3 is 2.85 bits per heavy atom. The summed E-state index contributed by atoms with van der Waals surface area (Å²) in [6.07, 6.45) is 0. The smallest absolute Gasteiger partial charge is 0.341 e. The van der Waals surface area contributed by atoms with Crippen molar-refractivity contribution in [3.05, 3.63) is 23.8 Å². The quantitative estimate of drug-likeness (QED) is 0.683. The number of benzene rings is 1. The van der Waals surface area contributed by atoms with E-state index in [0.717, 1.165) is 5.56 Å². The summed E-state index contributed by atoms with van der Waals surface area (Å²) in [5.41, 5.74) is 6.99. The van der Waals surface area contributed by atoms with E-state index in [-0.39, 0.29) is 6.61 Å². The van der Waals surface area contributed by atoms with Gasteiger partial charge in [0.05, 0.1) is 0 Å². The van der Waals surface area contributed by atoms with E-state index in [1.807, 2.05) is 6.92 Å². The van der Waals surface area contributed by atoms with Gasteiger partial charge in [-0.2, -0.15) is 0 Å². The SMILES string of the molecule is Cc1cc(N)ccc1OCC(=O)O. The number of carbonyl (C=O) groups is 1. The van der Waals surface area contributed by atoms with Crippen LogP contribution in [-0.2, 0) is 4.79 Å². The summed E-state index contributed by atoms with van der Waals surface area (Å²) in [6, 6.07) is 5.06. The predicted molar refractivity (Wildman–Crippen MR) is 48.7 cm³/mol. The number of aliphatic carboxylic acids is 1. The molecule has 0 saturated heterocycles. The Labute approximate surface area is 75.9 Å². The second kappa shape index (κ2) is 3.80. The molecule has 0 aliphatic carbocycles. The molecule has 0 fully saturated rings. The highest BCUT2D eigenvalue weighted by atomic mass is 16.5. The summed E-state index contributed by atoms with van der Waals surface area (Å²) in [6.45, 7) is 1.48. The van der Waals surface area contributed by atoms with Crippen molar-refractivity contribution in [1.82, 2.24) is 0 Å². The number of carboxylic acids is 1. The van der Waals surface area contributed by atoms with Crippen molar-refractivity contribution in [1.29, 1.82) is 0 Å². The summed E-state index contributed by atoms with van der Waals surface area (Å²) in [4.78, 5) is 10.2. The lowest BCUT2D eigenvalue weighted by Crippen LogP contribution is -2.10. The van der Waals surface area contributed by atoms with Gasteiger partial charge in [-0.1, -0.05) is 0 Å². The Morgan fingerprint density at radius 2 is 2.31 bits per heavy atom. The Bertz CT molecular complexity index is 323. The number of hydrogen-bond donors (Lipinski definition) is 2. The van der Waals surface area contributed by atoms with Crippen molar-refractivity contribution >= 4 is 11.7 Å². The molecule has 0 amide bonds. The van der Waals surface area contributed by atoms with Crippen molar-refractivity contribution in [3.8, 4) is 5.75 Å². The summed E-state index contributed by atoms with van der Waals surface area (Å²) < 4.78 is 5.00. The second-order valence-electron chi connectivity index (χ2n) is 2.71. The maximum Gasteiger partial charge on any atom is 0.341 e. The molecule has 0 aliphatic heterocycles. The standard InChI is InChI=1S/C9H11NO3/c1-6-4-7(10)2-3-8(6)13-5-9(11)12/h2-4H,5,10H2,1H3,(H,11,12). The van der Waals surface area contributed by atoms with Crippen LogP contribution in [0.3, 0.4) is 0 Å². The van der Waals surface area contributed by atoms with Gasteiger partial charge in [0.25, 0.3) is 0 Å². The average molecular weight is 181 g/mol. The third-order valence-electron chi connectivity index (χ3n) is 1.55. The molecule has 0 aliphatic rings. The first kappa shape index (κ1) is 9.38. The van der Waals surface area contributed by atoms with Crippen LogP contribution in [0.5, 0.6) is 5.75 Å². The van der Waals surface area contributed by atoms with Crippen LogP contribution in [0.15, 0.2) is 18.2 Å². The first-order valence-electron chi connectivity index (χ1n) is 3.80. The first-order valence-corrected chi connectivity index (χ1v) is 3.80. The Kier molecular flexibility index (Phi) is 2.74. The molecule has 0 unspecified atom stereocenters. The number of ether oxygens (including phenoxy) is 1. The van der Waals surface area contributed by atoms with Crippen molar-refractivity contribution in [2.75, 3.05) is 12.3 Å². The predicted octanol–water partition coefficient (Wildman–Crippen LogP) is 1.04. The van der Waals surface area contributed by atoms with Crippen LogP contribution >= 0.6 is 0 Å². The molecule has 1 aromatic rings. The zero-order chi connectivity index (χ0) is 9.84. The van der Waals surface area contributed by atoms with E-state index in [9.17, 15) is 4.79 Å². The summed E-state index contributed by atoms with van der Waals surface area (Å²) in [5.74, 6) is -0.437. The lowest BCUT2D eigenvalue weighted by molar-refractivity contribution is -0.139. The third-order valence-corrected chi connectivity index (χ3v) is 1.55. The molecule has 0 aromatic heterocycles. The molecule has 4 heteroatoms. The molecular formula is C9H11NO3. The van der Waals surface area contributed by atoms with E-state index in [1.165, 1.54) is 0 Å². The monoisotopic (exact) mass is 181 g/mol. The highest BCUT2D eigenvalue weighted by Crippen LogP contribution is 2.19. The molecule has 3 N–H and O–H groups in total. The number of carboxylic acid groups (broad SMARTS) is 1. The fraction of sp³-hybridized carbons (Fsp3) is 0.222. The zero-order valence-electron chi connectivity index (χ0n) is 7.28. The molecular weight excluding hydrogens is 170 g/mol. The van der Waals surface area contributed by atoms with E-state index in [2.05, 4.69) is 0 Å². The van der Waals surface area contributed by atoms with Gasteiger partial charge in [0, 0.05) is 5.69 Å². The fourth-order valence-corrected chi connectivity index (χ4v) is 0.974. The number of nitrogens with two attached hydrogens (primary N) is 1. The molecule has 1 aromatic carbocycles. The van der Waals surface area contributed by atoms with E-state index < -0.39 is 5.97 Å². The first-order chi connectivity index (χ1) is 6.09. The molecule has 0 heterocycles. The normalized spacial score (nSPS) is 9.62. The number of rotatable bonds is 3. The molecule has 0 bridgehead atoms. The van der Waals surface area contributed by atoms with Crippen molar-refractivity contribution < 1.29 is 14.6 Å². The van der Waals surface area contributed by atoms with Gasteiger partial charge in [0.2, 0.25) is 0 Å². The molecule has 0 saturated carbocycles. The van der Waals surface area contributed by atoms with Crippen LogP contribution in [0, 0.1) is 6.92 Å². The fourth-order valence-electron chi connectivity index (χ4n) is 0.974. The molecule has 13 heavy (non-hydrogen) atoms. The van der Waals surface area contributed by atoms with Crippen LogP contribution in [0.25, 0.3) is 0 Å². The highest BCUT2D eigenvalue weighted by Gasteiger charge is 2.02. The van der Waals surface area contributed by atoms with Gasteiger partial charge >= 0.3 is 5.97 Å². The number of anilines is 1. The molecule has 1 rings (SSSR count). The van der Waals surface area contributed by atoms with Gasteiger partial charge in [-0.25, -0.2) is 4.79 Å². The van der Waals surface area contributed by atoms with Gasteiger partial charge in [0.15, 0.2) is 6.61 Å². The Morgan fingerprint density at radius 1 is 1.62 bits per heavy atom. The molecule has 0 radical (unpaired) electrons. The maximum atomic E-state index is 10.2. The van der Waals surface area contributed by atoms with Gasteiger partial charge in [-0.05, 0) is 30.7 Å². The minimum Gasteiger partial charge on any atom is -0.482 e. The van der Waals surface area contributed by atoms with Crippen LogP contribution in [0.2, 0.25) is 0 Å². The summed E-state index contributed by atoms with van der Waals surface area (Å²) >= 11 is 0. The van der Waals surface area contributed by atoms with Crippen LogP contribution in [0.1, 0.15) is 5.56 Å². The number of nitrogen functional groups attached to an aromatic ring is 1. The highest BCUT2D eigenvalue weighted by molar-refractivity contribution is 5.68. The topological polar surface area (TPSA) is 72.5 Å². The molecule has 0 atom stereocenters. The average Bonchev–Trinajstić information content (AvgIpc) is 2.02. The molecule has 70 valence electrons. The van der Waals surface area contributed by atoms with E-state index in [4.69, 9.17) is 15.6 Å². The summed E-state index contributed by atoms with van der Waals surface area (Å²) in [5, 5.41) is 8.37.